The molecule has 2 aromatic carbocycles. The van der Waals surface area contributed by atoms with Crippen LogP contribution in [-0.4, -0.2) is 81.4 Å². The maximum atomic E-state index is 13.7. The molecule has 0 radical (unpaired) electrons. The zero-order valence-corrected chi connectivity index (χ0v) is 23.9. The summed E-state index contributed by atoms with van der Waals surface area (Å²) in [6.45, 7) is 3.40. The summed E-state index contributed by atoms with van der Waals surface area (Å²) >= 11 is 0. The fourth-order valence-electron chi connectivity index (χ4n) is 4.96. The summed E-state index contributed by atoms with van der Waals surface area (Å²) in [5, 5.41) is 14.0. The van der Waals surface area contributed by atoms with Crippen LogP contribution in [0.2, 0.25) is 0 Å². The number of benzene rings is 2. The first-order valence-corrected chi connectivity index (χ1v) is 14.8. The van der Waals surface area contributed by atoms with E-state index in [0.29, 0.717) is 5.75 Å². The first-order valence-electron chi connectivity index (χ1n) is 13.4. The van der Waals surface area contributed by atoms with Crippen LogP contribution < -0.4 is 10.1 Å². The summed E-state index contributed by atoms with van der Waals surface area (Å²) in [7, 11) is -2.54. The van der Waals surface area contributed by atoms with Crippen LogP contribution in [0.25, 0.3) is 0 Å². The van der Waals surface area contributed by atoms with Gasteiger partial charge in [-0.3, -0.25) is 4.74 Å². The first kappa shape index (κ1) is 31.1. The number of aliphatic hydroxyl groups is 1. The van der Waals surface area contributed by atoms with Crippen molar-refractivity contribution in [2.24, 2.45) is 11.8 Å². The molecule has 2 aromatic rings. The van der Waals surface area contributed by atoms with Gasteiger partial charge in [-0.2, -0.15) is 13.1 Å². The van der Waals surface area contributed by atoms with Crippen molar-refractivity contribution in [3.63, 3.8) is 0 Å². The van der Waals surface area contributed by atoms with Crippen molar-refractivity contribution < 1.29 is 46.0 Å². The molecule has 0 aliphatic carbocycles. The van der Waals surface area contributed by atoms with Gasteiger partial charge in [0.2, 0.25) is 10.0 Å². The lowest BCUT2D eigenvalue weighted by Crippen LogP contribution is -2.51. The Labute approximate surface area is 238 Å². The average molecular weight is 599 g/mol. The van der Waals surface area contributed by atoms with E-state index in [-0.39, 0.29) is 36.9 Å². The number of methoxy groups -OCH3 is 1. The molecular weight excluding hydrogens is 562 g/mol. The molecule has 2 saturated heterocycles. The van der Waals surface area contributed by atoms with Crippen molar-refractivity contribution in [2.45, 2.75) is 62.2 Å². The highest BCUT2D eigenvalue weighted by atomic mass is 32.2. The lowest BCUT2D eigenvalue weighted by Gasteiger charge is -2.31. The number of alkyl carbamates (subject to hydrolysis) is 1. The van der Waals surface area contributed by atoms with E-state index < -0.39 is 59.1 Å². The van der Waals surface area contributed by atoms with E-state index >= 15 is 0 Å². The van der Waals surface area contributed by atoms with Crippen LogP contribution in [-0.2, 0) is 30.7 Å². The van der Waals surface area contributed by atoms with Crippen LogP contribution in [0.4, 0.5) is 13.6 Å². The van der Waals surface area contributed by atoms with Crippen molar-refractivity contribution >= 4 is 16.1 Å². The van der Waals surface area contributed by atoms with Crippen LogP contribution >= 0.6 is 0 Å². The second-order valence-electron chi connectivity index (χ2n) is 10.7. The molecule has 13 heteroatoms. The third-order valence-electron chi connectivity index (χ3n) is 7.00. The molecule has 2 aliphatic heterocycles. The normalized spacial score (nSPS) is 23.3. The van der Waals surface area contributed by atoms with Gasteiger partial charge in [0, 0.05) is 13.1 Å². The van der Waals surface area contributed by atoms with E-state index in [1.54, 1.807) is 24.3 Å². The number of carbonyl (C=O) groups excluding carboxylic acids is 1. The Morgan fingerprint density at radius 2 is 1.83 bits per heavy atom. The van der Waals surface area contributed by atoms with Crippen molar-refractivity contribution in [1.82, 2.24) is 9.62 Å². The summed E-state index contributed by atoms with van der Waals surface area (Å²) in [6.07, 6.45) is -8.26. The molecule has 2 fully saturated rings. The van der Waals surface area contributed by atoms with Crippen LogP contribution in [0, 0.1) is 11.8 Å². The standard InChI is InChI=1S/C28H36F2N2O8S/c1-18(2)15-32(41(35,36)21-11-9-20(37-3)10-12-21)16-24(33)23(13-19-7-5-4-6-8-19)31-27(34)39-25-17-38-26-22(25)14-28(29,30)40-26/h4-12,18,22-26,33H,13-17H2,1-3H3,(H,31,34)/t22-,23+,24-,25-,26-/m1/s1. The number of rotatable bonds is 12. The fraction of sp³-hybridized carbons (Fsp3) is 0.536. The smallest absolute Gasteiger partial charge is 0.407 e. The highest BCUT2D eigenvalue weighted by Crippen LogP contribution is 2.43. The van der Waals surface area contributed by atoms with Crippen LogP contribution in [0.15, 0.2) is 59.5 Å². The topological polar surface area (TPSA) is 124 Å². The van der Waals surface area contributed by atoms with Crippen molar-refractivity contribution in [2.75, 3.05) is 26.8 Å². The van der Waals surface area contributed by atoms with E-state index in [1.807, 2.05) is 19.9 Å². The van der Waals surface area contributed by atoms with Crippen LogP contribution in [0.5, 0.6) is 5.75 Å². The number of halogens is 2. The number of carbonyl (C=O) groups is 1. The third kappa shape index (κ3) is 7.92. The minimum Gasteiger partial charge on any atom is -0.497 e. The minimum atomic E-state index is -4.02. The molecule has 10 nitrogen and oxygen atoms in total. The monoisotopic (exact) mass is 598 g/mol. The lowest BCUT2D eigenvalue weighted by atomic mass is 10.0. The molecule has 41 heavy (non-hydrogen) atoms. The third-order valence-corrected chi connectivity index (χ3v) is 8.84. The predicted molar refractivity (Wildman–Crippen MR) is 144 cm³/mol. The molecular formula is C28H36F2N2O8S. The molecule has 4 rings (SSSR count). The Balaban J connectivity index is 1.50. The molecule has 2 aliphatic rings. The Hall–Kier alpha value is -2.84. The van der Waals surface area contributed by atoms with Gasteiger partial charge in [0.25, 0.3) is 0 Å². The van der Waals surface area contributed by atoms with Crippen LogP contribution in [0.1, 0.15) is 25.8 Å². The summed E-state index contributed by atoms with van der Waals surface area (Å²) in [5.41, 5.74) is 0.776. The van der Waals surface area contributed by atoms with E-state index in [4.69, 9.17) is 14.2 Å². The Kier molecular flexibility index (Phi) is 9.85. The van der Waals surface area contributed by atoms with Gasteiger partial charge in [0.1, 0.15) is 11.9 Å². The molecule has 0 spiro atoms. The molecule has 2 heterocycles. The van der Waals surface area contributed by atoms with Crippen LogP contribution in [0.3, 0.4) is 0 Å². The number of fused-ring (bicyclic) bond motifs is 1. The molecule has 0 bridgehead atoms. The van der Waals surface area contributed by atoms with E-state index in [9.17, 15) is 27.1 Å². The van der Waals surface area contributed by atoms with E-state index in [2.05, 4.69) is 10.1 Å². The highest BCUT2D eigenvalue weighted by molar-refractivity contribution is 7.89. The quantitative estimate of drug-likeness (QED) is 0.381. The number of amides is 1. The number of hydrogen-bond acceptors (Lipinski definition) is 8. The maximum Gasteiger partial charge on any atom is 0.407 e. The van der Waals surface area contributed by atoms with Gasteiger partial charge < -0.3 is 24.6 Å². The van der Waals surface area contributed by atoms with Gasteiger partial charge >= 0.3 is 12.2 Å². The largest absolute Gasteiger partial charge is 0.497 e. The highest BCUT2D eigenvalue weighted by Gasteiger charge is 2.56. The van der Waals surface area contributed by atoms with Gasteiger partial charge in [0.15, 0.2) is 6.29 Å². The number of nitrogens with zero attached hydrogens (tertiary/aromatic N) is 1. The van der Waals surface area contributed by atoms with Gasteiger partial charge in [-0.15, -0.1) is 0 Å². The summed E-state index contributed by atoms with van der Waals surface area (Å²) < 4.78 is 76.0. The maximum absolute atomic E-state index is 13.7. The zero-order valence-electron chi connectivity index (χ0n) is 23.1. The molecule has 0 unspecified atom stereocenters. The number of sulfonamides is 1. The predicted octanol–water partition coefficient (Wildman–Crippen LogP) is 3.39. The van der Waals surface area contributed by atoms with Crippen molar-refractivity contribution in [3.8, 4) is 5.75 Å². The second kappa shape index (κ2) is 13.0. The lowest BCUT2D eigenvalue weighted by molar-refractivity contribution is -0.270. The number of hydrogen-bond donors (Lipinski definition) is 2. The summed E-state index contributed by atoms with van der Waals surface area (Å²) in [6, 6.07) is 14.0. The van der Waals surface area contributed by atoms with Gasteiger partial charge in [-0.05, 0) is 42.2 Å². The Morgan fingerprint density at radius 1 is 1.15 bits per heavy atom. The zero-order chi connectivity index (χ0) is 29.8. The van der Waals surface area contributed by atoms with Gasteiger partial charge in [0.05, 0.1) is 43.1 Å². The molecule has 226 valence electrons. The number of nitrogens with one attached hydrogen (secondary N) is 1. The Morgan fingerprint density at radius 3 is 2.46 bits per heavy atom. The van der Waals surface area contributed by atoms with Gasteiger partial charge in [-0.1, -0.05) is 44.2 Å². The number of ether oxygens (including phenoxy) is 4. The molecule has 2 N–H and O–H groups in total. The molecule has 0 saturated carbocycles. The Bertz CT molecular complexity index is 1260. The molecule has 5 atom stereocenters. The SMILES string of the molecule is COc1ccc(S(=O)(=O)N(CC(C)C)C[C@@H](O)[C@H](Cc2ccccc2)NC(=O)O[C@@H]2CO[C@@H]3OC(F)(F)C[C@@H]32)cc1. The first-order chi connectivity index (χ1) is 19.4. The van der Waals surface area contributed by atoms with E-state index in [0.717, 1.165) is 5.56 Å². The average Bonchev–Trinajstić information content (AvgIpc) is 3.43. The van der Waals surface area contributed by atoms with Crippen molar-refractivity contribution in [1.29, 1.82) is 0 Å². The fourth-order valence-corrected chi connectivity index (χ4v) is 6.58. The molecule has 1 amide bonds. The van der Waals surface area contributed by atoms with E-state index in [1.165, 1.54) is 35.7 Å². The van der Waals surface area contributed by atoms with Gasteiger partial charge in [-0.25, -0.2) is 13.2 Å². The number of alkyl halides is 2. The summed E-state index contributed by atoms with van der Waals surface area (Å²) in [4.78, 5) is 13.0. The second-order valence-corrected chi connectivity index (χ2v) is 12.6. The number of aliphatic hydroxyl groups excluding tert-OH is 1. The molecule has 0 aromatic heterocycles. The summed E-state index contributed by atoms with van der Waals surface area (Å²) in [5.74, 6) is -0.399. The van der Waals surface area contributed by atoms with Crippen molar-refractivity contribution in [3.05, 3.63) is 60.2 Å². The minimum absolute atomic E-state index is 0.0319.